The first-order chi connectivity index (χ1) is 21.6. The fourth-order valence-electron chi connectivity index (χ4n) is 3.71. The summed E-state index contributed by atoms with van der Waals surface area (Å²) in [5.74, 6) is -1.39. The van der Waals surface area contributed by atoms with Gasteiger partial charge in [-0.05, 0) is 12.7 Å². The predicted octanol–water partition coefficient (Wildman–Crippen LogP) is -2.14. The minimum absolute atomic E-state index is 0.00201. The third-order valence-corrected chi connectivity index (χ3v) is 7.16. The molecule has 0 radical (unpaired) electrons. The lowest BCUT2D eigenvalue weighted by Crippen LogP contribution is -2.37. The maximum Gasteiger partial charge on any atom is 0.407 e. The smallest absolute Gasteiger partial charge is 0.407 e. The van der Waals surface area contributed by atoms with Crippen LogP contribution in [0.5, 0.6) is 0 Å². The van der Waals surface area contributed by atoms with Crippen LogP contribution in [-0.2, 0) is 42.9 Å². The summed E-state index contributed by atoms with van der Waals surface area (Å²) in [6.07, 6.45) is -0.213. The summed E-state index contributed by atoms with van der Waals surface area (Å²) >= 11 is 1.33. The van der Waals surface area contributed by atoms with E-state index in [1.807, 2.05) is 0 Å². The van der Waals surface area contributed by atoms with Crippen LogP contribution in [-0.4, -0.2) is 147 Å². The molecule has 6 amide bonds. The number of hydrogen-bond donors (Lipinski definition) is 6. The lowest BCUT2D eigenvalue weighted by molar-refractivity contribution is -0.165. The Hall–Kier alpha value is -3.03. The Balaban J connectivity index is 1.92. The van der Waals surface area contributed by atoms with Crippen molar-refractivity contribution in [2.24, 2.45) is 0 Å². The molecule has 17 nitrogen and oxygen atoms in total. The van der Waals surface area contributed by atoms with Gasteiger partial charge in [-0.2, -0.15) is 11.8 Å². The molecule has 1 rings (SSSR count). The van der Waals surface area contributed by atoms with Crippen molar-refractivity contribution in [3.8, 4) is 0 Å². The maximum absolute atomic E-state index is 12.0. The molecule has 18 heteroatoms. The third-order valence-electron chi connectivity index (χ3n) is 6.22. The zero-order chi connectivity index (χ0) is 33.5. The van der Waals surface area contributed by atoms with E-state index in [1.165, 1.54) is 11.8 Å². The summed E-state index contributed by atoms with van der Waals surface area (Å²) in [6.45, 7) is 2.76. The second kappa shape index (κ2) is 24.2. The number of carbonyl (C=O) groups is 6. The van der Waals surface area contributed by atoms with E-state index in [4.69, 9.17) is 24.1 Å². The molecular weight excluding hydrogens is 618 g/mol. The number of amides is 6. The summed E-state index contributed by atoms with van der Waals surface area (Å²) in [6, 6.07) is 0. The molecule has 45 heavy (non-hydrogen) atoms. The molecule has 0 aromatic rings. The molecule has 3 unspecified atom stereocenters. The molecule has 6 N–H and O–H groups in total. The van der Waals surface area contributed by atoms with Gasteiger partial charge < -0.3 is 50.4 Å². The molecule has 0 spiro atoms. The molecule has 0 aliphatic carbocycles. The lowest BCUT2D eigenvalue weighted by atomic mass is 10.3. The Labute approximate surface area is 266 Å². The first-order valence-corrected chi connectivity index (χ1v) is 16.1. The largest absolute Gasteiger partial charge is 0.444 e. The second-order valence-corrected chi connectivity index (χ2v) is 10.7. The van der Waals surface area contributed by atoms with Gasteiger partial charge in [-0.3, -0.25) is 28.9 Å². The van der Waals surface area contributed by atoms with Gasteiger partial charge in [-0.1, -0.05) is 6.92 Å². The molecule has 0 bridgehead atoms. The first kappa shape index (κ1) is 40.0. The average Bonchev–Trinajstić information content (AvgIpc) is 3.30. The van der Waals surface area contributed by atoms with Gasteiger partial charge in [0.25, 0.3) is 0 Å². The van der Waals surface area contributed by atoms with Crippen LogP contribution in [0.1, 0.15) is 39.0 Å². The summed E-state index contributed by atoms with van der Waals surface area (Å²) in [5, 5.41) is 28.5. The van der Waals surface area contributed by atoms with E-state index in [0.717, 1.165) is 4.90 Å². The molecule has 0 saturated carbocycles. The van der Waals surface area contributed by atoms with Gasteiger partial charge in [0, 0.05) is 58.4 Å². The third kappa shape index (κ3) is 18.5. The summed E-state index contributed by atoms with van der Waals surface area (Å²) < 4.78 is 20.5. The quantitative estimate of drug-likeness (QED) is 0.0348. The molecule has 1 saturated heterocycles. The Morgan fingerprint density at radius 2 is 1.51 bits per heavy atom. The van der Waals surface area contributed by atoms with Crippen molar-refractivity contribution in [1.29, 1.82) is 0 Å². The minimum Gasteiger partial charge on any atom is -0.444 e. The number of thioether (sulfide) groups is 1. The first-order valence-electron chi connectivity index (χ1n) is 14.8. The highest BCUT2D eigenvalue weighted by molar-refractivity contribution is 8.00. The number of likely N-dealkylation sites (tertiary alicyclic amines) is 1. The van der Waals surface area contributed by atoms with E-state index >= 15 is 0 Å². The number of ether oxygens (including phenoxy) is 4. The van der Waals surface area contributed by atoms with Crippen molar-refractivity contribution in [2.45, 2.75) is 56.7 Å². The summed E-state index contributed by atoms with van der Waals surface area (Å²) in [4.78, 5) is 72.3. The van der Waals surface area contributed by atoms with Gasteiger partial charge >= 0.3 is 6.09 Å². The van der Waals surface area contributed by atoms with Crippen LogP contribution in [0.15, 0.2) is 0 Å². The molecule has 1 heterocycles. The van der Waals surface area contributed by atoms with Gasteiger partial charge in [0.2, 0.25) is 29.5 Å². The maximum atomic E-state index is 12.0. The molecule has 258 valence electrons. The van der Waals surface area contributed by atoms with Crippen LogP contribution in [0.3, 0.4) is 0 Å². The van der Waals surface area contributed by atoms with Crippen LogP contribution < -0.4 is 21.3 Å². The number of rotatable bonds is 25. The second-order valence-electron chi connectivity index (χ2n) is 9.67. The Morgan fingerprint density at radius 1 is 0.889 bits per heavy atom. The Morgan fingerprint density at radius 3 is 2.13 bits per heavy atom. The van der Waals surface area contributed by atoms with Gasteiger partial charge in [-0.15, -0.1) is 0 Å². The van der Waals surface area contributed by atoms with Crippen LogP contribution in [0, 0.1) is 0 Å². The molecule has 1 fully saturated rings. The monoisotopic (exact) mass is 665 g/mol. The molecule has 3 atom stereocenters. The molecular formula is C27H47N5O12S. The number of aliphatic hydroxyl groups is 2. The van der Waals surface area contributed by atoms with Gasteiger partial charge in [-0.25, -0.2) is 4.79 Å². The topological polar surface area (TPSA) is 231 Å². The minimum atomic E-state index is -1.37. The van der Waals surface area contributed by atoms with Crippen molar-refractivity contribution in [2.75, 3.05) is 78.6 Å². The lowest BCUT2D eigenvalue weighted by Gasteiger charge is -2.18. The van der Waals surface area contributed by atoms with Gasteiger partial charge in [0.1, 0.15) is 6.61 Å². The van der Waals surface area contributed by atoms with E-state index in [2.05, 4.69) is 21.3 Å². The normalized spacial score (nSPS) is 15.8. The highest BCUT2D eigenvalue weighted by Crippen LogP contribution is 2.22. The van der Waals surface area contributed by atoms with E-state index in [-0.39, 0.29) is 126 Å². The van der Waals surface area contributed by atoms with Crippen molar-refractivity contribution < 1.29 is 57.9 Å². The van der Waals surface area contributed by atoms with Crippen molar-refractivity contribution >= 4 is 47.4 Å². The number of carbonyl (C=O) groups excluding carboxylic acids is 6. The zero-order valence-electron chi connectivity index (χ0n) is 25.9. The van der Waals surface area contributed by atoms with Crippen LogP contribution in [0.25, 0.3) is 0 Å². The van der Waals surface area contributed by atoms with E-state index in [1.54, 1.807) is 13.2 Å². The fraction of sp³-hybridized carbons (Fsp3) is 0.778. The summed E-state index contributed by atoms with van der Waals surface area (Å²) in [5.41, 5.74) is 0. The number of aliphatic hydroxyl groups excluding tert-OH is 2. The molecule has 1 aliphatic heterocycles. The summed E-state index contributed by atoms with van der Waals surface area (Å²) in [7, 11) is 0. The van der Waals surface area contributed by atoms with E-state index < -0.39 is 25.1 Å². The Bertz CT molecular complexity index is 940. The van der Waals surface area contributed by atoms with E-state index in [9.17, 15) is 33.9 Å². The number of alkyl carbamates (subject to hydrolysis) is 1. The van der Waals surface area contributed by atoms with Crippen LogP contribution in [0.4, 0.5) is 4.79 Å². The van der Waals surface area contributed by atoms with Crippen LogP contribution >= 0.6 is 11.8 Å². The molecule has 0 aromatic carbocycles. The SMILES string of the molecule is CCC(CO)OC(O)COC(=O)NCCC(=O)NCCNC(=O)CCOCCOCCNC(=O)CCN1C(=O)CC(SC)C1=O. The van der Waals surface area contributed by atoms with Crippen molar-refractivity contribution in [3.05, 3.63) is 0 Å². The van der Waals surface area contributed by atoms with Crippen molar-refractivity contribution in [1.82, 2.24) is 26.2 Å². The highest BCUT2D eigenvalue weighted by atomic mass is 32.2. The standard InChI is InChI=1S/C27H47N5O12S/c1-3-19(17-33)44-25(38)18-43-27(40)31-7-4-21(34)28-8-9-29-23(36)6-12-41-14-15-42-13-10-30-22(35)5-11-32-24(37)16-20(45-2)26(32)39/h19-20,25,33,38H,3-18H2,1-2H3,(H,28,34)(H,29,36)(H,30,35)(H,31,40). The fourth-order valence-corrected chi connectivity index (χ4v) is 4.35. The average molecular weight is 666 g/mol. The predicted molar refractivity (Wildman–Crippen MR) is 161 cm³/mol. The highest BCUT2D eigenvalue weighted by Gasteiger charge is 2.37. The number of nitrogens with zero attached hydrogens (tertiary/aromatic N) is 1. The van der Waals surface area contributed by atoms with Gasteiger partial charge in [0.15, 0.2) is 6.29 Å². The van der Waals surface area contributed by atoms with Gasteiger partial charge in [0.05, 0.1) is 44.4 Å². The zero-order valence-corrected chi connectivity index (χ0v) is 26.7. The Kier molecular flexibility index (Phi) is 21.5. The number of nitrogens with one attached hydrogen (secondary N) is 4. The van der Waals surface area contributed by atoms with E-state index in [0.29, 0.717) is 6.42 Å². The van der Waals surface area contributed by atoms with Crippen LogP contribution in [0.2, 0.25) is 0 Å². The van der Waals surface area contributed by atoms with Crippen molar-refractivity contribution in [3.63, 3.8) is 0 Å². The number of hydrogen-bond acceptors (Lipinski definition) is 13. The molecule has 0 aromatic heterocycles. The molecule has 1 aliphatic rings. The number of imide groups is 1.